The maximum absolute atomic E-state index is 10.6. The van der Waals surface area contributed by atoms with Crippen molar-refractivity contribution in [1.29, 1.82) is 0 Å². The van der Waals surface area contributed by atoms with E-state index in [1.165, 1.54) is 17.8 Å². The van der Waals surface area contributed by atoms with E-state index in [1.54, 1.807) is 6.07 Å². The van der Waals surface area contributed by atoms with Crippen LogP contribution < -0.4 is 5.73 Å². The molecular weight excluding hydrogens is 214 g/mol. The van der Waals surface area contributed by atoms with Crippen molar-refractivity contribution >= 4 is 5.82 Å². The van der Waals surface area contributed by atoms with Gasteiger partial charge < -0.3 is 20.4 Å². The number of nitrogens with zero attached hydrogens (tertiary/aromatic N) is 4. The summed E-state index contributed by atoms with van der Waals surface area (Å²) in [6.45, 7) is 0.222. The highest BCUT2D eigenvalue weighted by atomic mass is 16.6. The quantitative estimate of drug-likeness (QED) is 0.596. The molecule has 0 bridgehead atoms. The van der Waals surface area contributed by atoms with Gasteiger partial charge in [0, 0.05) is 6.07 Å². The van der Waals surface area contributed by atoms with E-state index in [0.717, 1.165) is 0 Å². The molecule has 0 unspecified atom stereocenters. The maximum Gasteiger partial charge on any atom is 0.342 e. The van der Waals surface area contributed by atoms with Gasteiger partial charge in [-0.3, -0.25) is 0 Å². The molecule has 0 atom stereocenters. The van der Waals surface area contributed by atoms with Gasteiger partial charge in [-0.25, -0.2) is 9.55 Å². The highest BCUT2D eigenvalue weighted by Gasteiger charge is 2.20. The summed E-state index contributed by atoms with van der Waals surface area (Å²) < 4.78 is 6.23. The largest absolute Gasteiger partial charge is 0.359 e. The van der Waals surface area contributed by atoms with Gasteiger partial charge >= 0.3 is 5.82 Å². The average Bonchev–Trinajstić information content (AvgIpc) is 2.83. The SMILES string of the molecule is Cn1c([N+](=O)[O-])cnc1-c1cc(CN)on1. The number of aromatic nitrogens is 3. The minimum Gasteiger partial charge on any atom is -0.359 e. The minimum absolute atomic E-state index is 0.104. The molecule has 0 radical (unpaired) electrons. The predicted molar refractivity (Wildman–Crippen MR) is 53.3 cm³/mol. The van der Waals surface area contributed by atoms with Crippen LogP contribution in [0, 0.1) is 10.1 Å². The molecule has 2 N–H and O–H groups in total. The molecule has 0 amide bonds. The minimum atomic E-state index is -0.513. The second-order valence-corrected chi connectivity index (χ2v) is 3.14. The van der Waals surface area contributed by atoms with Crippen LogP contribution >= 0.6 is 0 Å². The smallest absolute Gasteiger partial charge is 0.342 e. The highest BCUT2D eigenvalue weighted by Crippen LogP contribution is 2.21. The Morgan fingerprint density at radius 3 is 2.94 bits per heavy atom. The van der Waals surface area contributed by atoms with Crippen molar-refractivity contribution in [2.45, 2.75) is 6.54 Å². The van der Waals surface area contributed by atoms with E-state index in [1.807, 2.05) is 0 Å². The Kier molecular flexibility index (Phi) is 2.41. The van der Waals surface area contributed by atoms with E-state index < -0.39 is 4.92 Å². The average molecular weight is 223 g/mol. The van der Waals surface area contributed by atoms with Crippen LogP contribution in [0.25, 0.3) is 11.5 Å². The Labute approximate surface area is 89.8 Å². The maximum atomic E-state index is 10.6. The van der Waals surface area contributed by atoms with Crippen LogP contribution in [0.3, 0.4) is 0 Å². The lowest BCUT2D eigenvalue weighted by Crippen LogP contribution is -1.99. The first-order valence-corrected chi connectivity index (χ1v) is 4.45. The summed E-state index contributed by atoms with van der Waals surface area (Å²) >= 11 is 0. The summed E-state index contributed by atoms with van der Waals surface area (Å²) in [6.07, 6.45) is 1.17. The fourth-order valence-electron chi connectivity index (χ4n) is 1.32. The first kappa shape index (κ1) is 10.3. The molecule has 0 aliphatic carbocycles. The van der Waals surface area contributed by atoms with E-state index in [-0.39, 0.29) is 12.4 Å². The van der Waals surface area contributed by atoms with E-state index in [9.17, 15) is 10.1 Å². The summed E-state index contributed by atoms with van der Waals surface area (Å²) in [7, 11) is 1.54. The van der Waals surface area contributed by atoms with Crippen LogP contribution in [-0.2, 0) is 13.6 Å². The van der Waals surface area contributed by atoms with E-state index in [0.29, 0.717) is 17.3 Å². The third-order valence-corrected chi connectivity index (χ3v) is 2.14. The Balaban J connectivity index is 2.44. The van der Waals surface area contributed by atoms with E-state index >= 15 is 0 Å². The molecule has 8 nitrogen and oxygen atoms in total. The molecular formula is C8H9N5O3. The van der Waals surface area contributed by atoms with Crippen molar-refractivity contribution < 1.29 is 9.45 Å². The first-order valence-electron chi connectivity index (χ1n) is 4.45. The van der Waals surface area contributed by atoms with Crippen LogP contribution in [0.1, 0.15) is 5.76 Å². The molecule has 0 aliphatic heterocycles. The van der Waals surface area contributed by atoms with Crippen molar-refractivity contribution in [2.24, 2.45) is 12.8 Å². The summed E-state index contributed by atoms with van der Waals surface area (Å²) in [5.74, 6) is 0.767. The van der Waals surface area contributed by atoms with Gasteiger partial charge in [-0.15, -0.1) is 0 Å². The Hall–Kier alpha value is -2.22. The molecule has 0 aromatic carbocycles. The summed E-state index contributed by atoms with van der Waals surface area (Å²) in [6, 6.07) is 1.60. The van der Waals surface area contributed by atoms with Crippen molar-refractivity contribution in [1.82, 2.24) is 14.7 Å². The number of rotatable bonds is 3. The molecule has 8 heteroatoms. The van der Waals surface area contributed by atoms with Crippen molar-refractivity contribution in [3.8, 4) is 11.5 Å². The van der Waals surface area contributed by atoms with Gasteiger partial charge in [0.05, 0.1) is 13.6 Å². The molecule has 0 saturated carbocycles. The van der Waals surface area contributed by atoms with Gasteiger partial charge in [0.15, 0.2) is 11.5 Å². The Morgan fingerprint density at radius 2 is 2.44 bits per heavy atom. The summed E-state index contributed by atoms with van der Waals surface area (Å²) in [5, 5.41) is 14.3. The van der Waals surface area contributed by atoms with Gasteiger partial charge in [0.1, 0.15) is 6.20 Å². The second-order valence-electron chi connectivity index (χ2n) is 3.14. The van der Waals surface area contributed by atoms with E-state index in [4.69, 9.17) is 10.3 Å². The zero-order valence-corrected chi connectivity index (χ0v) is 8.45. The van der Waals surface area contributed by atoms with Crippen molar-refractivity contribution in [3.63, 3.8) is 0 Å². The van der Waals surface area contributed by atoms with E-state index in [2.05, 4.69) is 10.1 Å². The van der Waals surface area contributed by atoms with Crippen molar-refractivity contribution in [3.05, 3.63) is 28.1 Å². The third kappa shape index (κ3) is 1.54. The zero-order valence-electron chi connectivity index (χ0n) is 8.45. The van der Waals surface area contributed by atoms with Gasteiger partial charge in [0.25, 0.3) is 5.82 Å². The fourth-order valence-corrected chi connectivity index (χ4v) is 1.32. The number of hydrogen-bond acceptors (Lipinski definition) is 6. The van der Waals surface area contributed by atoms with Gasteiger partial charge in [-0.05, 0) is 4.92 Å². The number of imidazole rings is 1. The topological polar surface area (TPSA) is 113 Å². The molecule has 2 aromatic rings. The lowest BCUT2D eigenvalue weighted by molar-refractivity contribution is -0.391. The van der Waals surface area contributed by atoms with Crippen LogP contribution in [-0.4, -0.2) is 19.6 Å². The summed E-state index contributed by atoms with van der Waals surface area (Å²) in [5.41, 5.74) is 5.79. The molecule has 2 aromatic heterocycles. The molecule has 0 aliphatic rings. The third-order valence-electron chi connectivity index (χ3n) is 2.14. The van der Waals surface area contributed by atoms with Crippen LogP contribution in [0.5, 0.6) is 0 Å². The molecule has 0 spiro atoms. The zero-order chi connectivity index (χ0) is 11.7. The Bertz CT molecular complexity index is 530. The molecule has 16 heavy (non-hydrogen) atoms. The number of nitrogens with two attached hydrogens (primary N) is 1. The van der Waals surface area contributed by atoms with Crippen LogP contribution in [0.15, 0.2) is 16.8 Å². The van der Waals surface area contributed by atoms with Gasteiger partial charge in [-0.1, -0.05) is 5.16 Å². The first-order chi connectivity index (χ1) is 7.63. The van der Waals surface area contributed by atoms with Gasteiger partial charge in [0.2, 0.25) is 0 Å². The van der Waals surface area contributed by atoms with Crippen molar-refractivity contribution in [2.75, 3.05) is 0 Å². The highest BCUT2D eigenvalue weighted by molar-refractivity contribution is 5.52. The van der Waals surface area contributed by atoms with Crippen LogP contribution in [0.2, 0.25) is 0 Å². The predicted octanol–water partition coefficient (Wildman–Crippen LogP) is 0.442. The molecule has 84 valence electrons. The molecule has 2 rings (SSSR count). The standard InChI is InChI=1S/C8H9N5O3/c1-12-7(13(14)15)4-10-8(12)6-2-5(3-9)16-11-6/h2,4H,3,9H2,1H3. The molecule has 2 heterocycles. The lowest BCUT2D eigenvalue weighted by atomic mass is 10.3. The normalized spacial score (nSPS) is 10.6. The number of nitro groups is 1. The number of hydrogen-bond donors (Lipinski definition) is 1. The fraction of sp³-hybridized carbons (Fsp3) is 0.250. The second kappa shape index (κ2) is 3.74. The Morgan fingerprint density at radius 1 is 1.69 bits per heavy atom. The monoisotopic (exact) mass is 223 g/mol. The summed E-state index contributed by atoms with van der Waals surface area (Å²) in [4.78, 5) is 14.0. The van der Waals surface area contributed by atoms with Gasteiger partial charge in [-0.2, -0.15) is 0 Å². The molecule has 0 saturated heterocycles. The lowest BCUT2D eigenvalue weighted by Gasteiger charge is -1.94. The van der Waals surface area contributed by atoms with Crippen LogP contribution in [0.4, 0.5) is 5.82 Å². The molecule has 0 fully saturated rings.